The summed E-state index contributed by atoms with van der Waals surface area (Å²) < 4.78 is 11.8. The minimum absolute atomic E-state index is 0.0292. The van der Waals surface area contributed by atoms with E-state index in [-0.39, 0.29) is 18.9 Å². The molecule has 0 aromatic rings. The van der Waals surface area contributed by atoms with Crippen LogP contribution in [0.2, 0.25) is 0 Å². The SMILES string of the molecule is CCCC#CC1OC(=O)[C@H](C)NC(=O)C(CC(C)C)NC(=O)[C@@H]2CCCN2C(=O)[C@H]([C@@H](C)CC)OC(=O)C(C(C)C)N(C)C(=O)[C@H](C(C)C)NC(=O)C1(C)C. The number of rotatable bonds is 7. The maximum Gasteiger partial charge on any atom is 0.329 e. The van der Waals surface area contributed by atoms with Gasteiger partial charge in [0.2, 0.25) is 23.6 Å². The normalized spacial score (nSPS) is 28.6. The van der Waals surface area contributed by atoms with Crippen molar-refractivity contribution in [1.29, 1.82) is 0 Å². The maximum absolute atomic E-state index is 14.2. The second-order valence-corrected chi connectivity index (χ2v) is 16.8. The minimum atomic E-state index is -1.48. The van der Waals surface area contributed by atoms with Gasteiger partial charge in [0.05, 0.1) is 5.41 Å². The molecule has 2 saturated heterocycles. The van der Waals surface area contributed by atoms with E-state index in [1.54, 1.807) is 48.5 Å². The van der Waals surface area contributed by atoms with Crippen LogP contribution >= 0.6 is 0 Å². The Hall–Kier alpha value is -4.15. The van der Waals surface area contributed by atoms with Gasteiger partial charge in [0.15, 0.2) is 12.2 Å². The van der Waals surface area contributed by atoms with E-state index < -0.39 is 107 Å². The van der Waals surface area contributed by atoms with Gasteiger partial charge in [0.25, 0.3) is 5.91 Å². The summed E-state index contributed by atoms with van der Waals surface area (Å²) in [4.78, 5) is 100. The van der Waals surface area contributed by atoms with Crippen LogP contribution in [-0.2, 0) is 43.0 Å². The van der Waals surface area contributed by atoms with E-state index in [0.29, 0.717) is 25.7 Å². The fourth-order valence-electron chi connectivity index (χ4n) is 6.69. The lowest BCUT2D eigenvalue weighted by atomic mass is 9.84. The third-order valence-corrected chi connectivity index (χ3v) is 10.5. The van der Waals surface area contributed by atoms with Gasteiger partial charge in [-0.15, -0.1) is 0 Å². The zero-order valence-corrected chi connectivity index (χ0v) is 35.4. The molecule has 0 radical (unpaired) electrons. The highest BCUT2D eigenvalue weighted by atomic mass is 16.6. The first-order valence-electron chi connectivity index (χ1n) is 20.0. The maximum atomic E-state index is 14.2. The van der Waals surface area contributed by atoms with Gasteiger partial charge in [-0.05, 0) is 70.6 Å². The summed E-state index contributed by atoms with van der Waals surface area (Å²) in [5.41, 5.74) is -1.48. The van der Waals surface area contributed by atoms with Crippen LogP contribution < -0.4 is 16.0 Å². The molecule has 3 unspecified atom stereocenters. The van der Waals surface area contributed by atoms with Crippen LogP contribution in [0.5, 0.6) is 0 Å². The first-order chi connectivity index (χ1) is 25.6. The average molecular weight is 774 g/mol. The van der Waals surface area contributed by atoms with E-state index in [0.717, 1.165) is 6.42 Å². The predicted molar refractivity (Wildman–Crippen MR) is 208 cm³/mol. The van der Waals surface area contributed by atoms with Gasteiger partial charge in [0, 0.05) is 25.9 Å². The average Bonchev–Trinajstić information content (AvgIpc) is 3.60. The number of amides is 5. The summed E-state index contributed by atoms with van der Waals surface area (Å²) in [5, 5.41) is 8.30. The molecule has 14 nitrogen and oxygen atoms in total. The highest BCUT2D eigenvalue weighted by molar-refractivity contribution is 5.96. The predicted octanol–water partition coefficient (Wildman–Crippen LogP) is 3.35. The number of unbranched alkanes of at least 4 members (excludes halogenated alkanes) is 1. The highest BCUT2D eigenvalue weighted by Gasteiger charge is 2.46. The summed E-state index contributed by atoms with van der Waals surface area (Å²) in [7, 11) is 1.46. The van der Waals surface area contributed by atoms with E-state index in [2.05, 4.69) is 27.8 Å². The monoisotopic (exact) mass is 773 g/mol. The van der Waals surface area contributed by atoms with Crippen molar-refractivity contribution in [1.82, 2.24) is 25.8 Å². The molecule has 2 fully saturated rings. The van der Waals surface area contributed by atoms with Crippen LogP contribution in [0.25, 0.3) is 0 Å². The number of carbonyl (C=O) groups is 7. The van der Waals surface area contributed by atoms with E-state index in [1.165, 1.54) is 23.8 Å². The Morgan fingerprint density at radius 1 is 0.836 bits per heavy atom. The van der Waals surface area contributed by atoms with E-state index in [9.17, 15) is 33.6 Å². The number of esters is 2. The van der Waals surface area contributed by atoms with Crippen LogP contribution in [0.4, 0.5) is 0 Å². The Morgan fingerprint density at radius 2 is 1.47 bits per heavy atom. The zero-order chi connectivity index (χ0) is 41.9. The summed E-state index contributed by atoms with van der Waals surface area (Å²) in [6.07, 6.45) is 0.250. The van der Waals surface area contributed by atoms with E-state index in [1.807, 2.05) is 27.7 Å². The number of carbonyl (C=O) groups excluding carboxylic acids is 7. The first kappa shape index (κ1) is 47.0. The summed E-state index contributed by atoms with van der Waals surface area (Å²) in [6.45, 7) is 21.2. The van der Waals surface area contributed by atoms with Crippen molar-refractivity contribution in [2.24, 2.45) is 29.1 Å². The molecule has 310 valence electrons. The van der Waals surface area contributed by atoms with Gasteiger partial charge in [-0.25, -0.2) is 9.59 Å². The third-order valence-electron chi connectivity index (χ3n) is 10.5. The summed E-state index contributed by atoms with van der Waals surface area (Å²) in [5.74, 6) is 0.0221. The van der Waals surface area contributed by atoms with Crippen molar-refractivity contribution >= 4 is 41.5 Å². The topological polar surface area (TPSA) is 181 Å². The number of ether oxygens (including phenoxy) is 2. The highest BCUT2D eigenvalue weighted by Crippen LogP contribution is 2.28. The molecule has 14 heteroatoms. The number of nitrogens with one attached hydrogen (secondary N) is 3. The first-order valence-corrected chi connectivity index (χ1v) is 20.0. The Balaban J connectivity index is 2.75. The van der Waals surface area contributed by atoms with Crippen LogP contribution in [0, 0.1) is 40.9 Å². The quantitative estimate of drug-likeness (QED) is 0.258. The van der Waals surface area contributed by atoms with Crippen LogP contribution in [-0.4, -0.2) is 107 Å². The Kier molecular flexibility index (Phi) is 17.7. The number of likely N-dealkylation sites (N-methyl/N-ethyl adjacent to an activating group) is 1. The molecule has 0 aliphatic carbocycles. The van der Waals surface area contributed by atoms with Gasteiger partial charge in [-0.3, -0.25) is 24.0 Å². The summed E-state index contributed by atoms with van der Waals surface area (Å²) >= 11 is 0. The second kappa shape index (κ2) is 20.7. The van der Waals surface area contributed by atoms with Crippen molar-refractivity contribution in [2.45, 2.75) is 164 Å². The molecule has 0 bridgehead atoms. The Labute approximate surface area is 328 Å². The van der Waals surface area contributed by atoms with Gasteiger partial charge in [0.1, 0.15) is 30.2 Å². The van der Waals surface area contributed by atoms with Crippen molar-refractivity contribution in [3.8, 4) is 11.8 Å². The van der Waals surface area contributed by atoms with Gasteiger partial charge in [-0.1, -0.05) is 74.2 Å². The van der Waals surface area contributed by atoms with Crippen molar-refractivity contribution in [2.75, 3.05) is 13.6 Å². The smallest absolute Gasteiger partial charge is 0.329 e. The molecule has 0 aromatic carbocycles. The number of fused-ring (bicyclic) bond motifs is 1. The molecule has 2 heterocycles. The van der Waals surface area contributed by atoms with E-state index in [4.69, 9.17) is 9.47 Å². The molecule has 55 heavy (non-hydrogen) atoms. The molecular formula is C41H67N5O9. The molecule has 5 amide bonds. The molecule has 2 aliphatic heterocycles. The molecule has 2 rings (SSSR count). The molecule has 8 atom stereocenters. The second-order valence-electron chi connectivity index (χ2n) is 16.8. The number of cyclic esters (lactones) is 2. The van der Waals surface area contributed by atoms with Gasteiger partial charge in [-0.2, -0.15) is 0 Å². The molecule has 0 aromatic heterocycles. The minimum Gasteiger partial charge on any atom is -0.450 e. The molecule has 0 saturated carbocycles. The molecule has 0 spiro atoms. The zero-order valence-electron chi connectivity index (χ0n) is 35.4. The largest absolute Gasteiger partial charge is 0.450 e. The number of hydrogen-bond donors (Lipinski definition) is 3. The van der Waals surface area contributed by atoms with Gasteiger partial charge < -0.3 is 35.2 Å². The number of nitrogens with zero attached hydrogens (tertiary/aromatic N) is 2. The fourth-order valence-corrected chi connectivity index (χ4v) is 6.69. The lowest BCUT2D eigenvalue weighted by Crippen LogP contribution is -2.60. The van der Waals surface area contributed by atoms with Crippen LogP contribution in [0.3, 0.4) is 0 Å². The Bertz CT molecular complexity index is 1460. The standard InChI is InChI=1S/C41H67N5O9/c1-14-16-17-20-30-41(11,12)40(53)44-31(24(5)6)36(49)45(13)32(25(7)8)39(52)55-33(26(9)15-2)37(50)46-21-18-19-29(46)35(48)43-28(22-23(3)4)34(47)42-27(10)38(51)54-30/h23-33H,14-16,18-19,21-22H2,1-13H3,(H,42,47)(H,43,48)(H,44,53)/t26-,27-,28?,29-,30?,31-,32?,33-/m0/s1. The van der Waals surface area contributed by atoms with Crippen LogP contribution in [0.1, 0.15) is 122 Å². The van der Waals surface area contributed by atoms with Crippen molar-refractivity contribution < 1.29 is 43.0 Å². The number of hydrogen-bond acceptors (Lipinski definition) is 9. The molecule has 3 N–H and O–H groups in total. The van der Waals surface area contributed by atoms with E-state index >= 15 is 0 Å². The van der Waals surface area contributed by atoms with Gasteiger partial charge >= 0.3 is 11.9 Å². The molecule has 2 aliphatic rings. The fraction of sp³-hybridized carbons (Fsp3) is 0.780. The molecular weight excluding hydrogens is 706 g/mol. The lowest BCUT2D eigenvalue weighted by Gasteiger charge is -2.37. The van der Waals surface area contributed by atoms with Crippen LogP contribution in [0.15, 0.2) is 0 Å². The third kappa shape index (κ3) is 12.2. The Morgan fingerprint density at radius 3 is 2.02 bits per heavy atom. The van der Waals surface area contributed by atoms with Crippen molar-refractivity contribution in [3.63, 3.8) is 0 Å². The van der Waals surface area contributed by atoms with Crippen molar-refractivity contribution in [3.05, 3.63) is 0 Å². The summed E-state index contributed by atoms with van der Waals surface area (Å²) in [6, 6.07) is -5.38. The lowest BCUT2D eigenvalue weighted by molar-refractivity contribution is -0.172.